The minimum atomic E-state index is -4.41. The topological polar surface area (TPSA) is 66.4 Å². The van der Waals surface area contributed by atoms with Crippen LogP contribution in [0.15, 0.2) is 83.8 Å². The Labute approximate surface area is 134 Å². The average Bonchev–Trinajstić information content (AvgIpc) is 2.56. The van der Waals surface area contributed by atoms with E-state index < -0.39 is 10.1 Å². The number of hydrogen-bond donors (Lipinski definition) is 0. The summed E-state index contributed by atoms with van der Waals surface area (Å²) < 4.78 is 38.5. The molecule has 116 valence electrons. The molecule has 3 aromatic rings. The minimum Gasteiger partial charge on any atom is -0.744 e. The van der Waals surface area contributed by atoms with E-state index in [1.165, 1.54) is 12.1 Å². The SMILES string of the molecule is O=S(=O)([O-])c1ccc(-c2ccc(Oc3ccccc3)cc2)cc1. The van der Waals surface area contributed by atoms with Crippen molar-refractivity contribution in [1.29, 1.82) is 0 Å². The summed E-state index contributed by atoms with van der Waals surface area (Å²) in [5, 5.41) is 0. The summed E-state index contributed by atoms with van der Waals surface area (Å²) in [6.45, 7) is 0. The molecule has 0 heterocycles. The average molecular weight is 325 g/mol. The third-order valence-electron chi connectivity index (χ3n) is 3.31. The zero-order chi connectivity index (χ0) is 16.3. The summed E-state index contributed by atoms with van der Waals surface area (Å²) in [6, 6.07) is 22.7. The molecule has 0 saturated carbocycles. The Kier molecular flexibility index (Phi) is 4.14. The molecule has 0 saturated heterocycles. The van der Waals surface area contributed by atoms with Crippen molar-refractivity contribution in [2.45, 2.75) is 4.90 Å². The molecule has 0 aliphatic heterocycles. The number of ether oxygens (including phenoxy) is 1. The predicted molar refractivity (Wildman–Crippen MR) is 86.4 cm³/mol. The van der Waals surface area contributed by atoms with Crippen molar-refractivity contribution in [3.63, 3.8) is 0 Å². The Bertz CT molecular complexity index is 884. The highest BCUT2D eigenvalue weighted by atomic mass is 32.2. The highest BCUT2D eigenvalue weighted by Gasteiger charge is 2.03. The maximum Gasteiger partial charge on any atom is 0.127 e. The predicted octanol–water partition coefficient (Wildman–Crippen LogP) is 4.05. The summed E-state index contributed by atoms with van der Waals surface area (Å²) >= 11 is 0. The van der Waals surface area contributed by atoms with Crippen LogP contribution in [0.1, 0.15) is 0 Å². The first kappa shape index (κ1) is 15.3. The molecule has 0 atom stereocenters. The quantitative estimate of drug-likeness (QED) is 0.679. The molecule has 3 aromatic carbocycles. The second-order valence-electron chi connectivity index (χ2n) is 4.92. The number of rotatable bonds is 4. The Hall–Kier alpha value is -2.63. The van der Waals surface area contributed by atoms with E-state index in [9.17, 15) is 13.0 Å². The van der Waals surface area contributed by atoms with E-state index in [-0.39, 0.29) is 4.90 Å². The lowest BCUT2D eigenvalue weighted by atomic mass is 10.1. The van der Waals surface area contributed by atoms with Gasteiger partial charge in [0.1, 0.15) is 21.6 Å². The van der Waals surface area contributed by atoms with Crippen molar-refractivity contribution in [2.24, 2.45) is 0 Å². The fraction of sp³-hybridized carbons (Fsp3) is 0. The van der Waals surface area contributed by atoms with E-state index >= 15 is 0 Å². The highest BCUT2D eigenvalue weighted by molar-refractivity contribution is 7.85. The Morgan fingerprint density at radius 3 is 1.65 bits per heavy atom. The summed E-state index contributed by atoms with van der Waals surface area (Å²) in [5.74, 6) is 1.46. The lowest BCUT2D eigenvalue weighted by Gasteiger charge is -2.09. The monoisotopic (exact) mass is 325 g/mol. The molecule has 0 N–H and O–H groups in total. The van der Waals surface area contributed by atoms with Crippen molar-refractivity contribution >= 4 is 10.1 Å². The molecule has 0 unspecified atom stereocenters. The van der Waals surface area contributed by atoms with Crippen LogP contribution in [0.3, 0.4) is 0 Å². The second kappa shape index (κ2) is 6.24. The Balaban J connectivity index is 1.79. The molecule has 0 spiro atoms. The highest BCUT2D eigenvalue weighted by Crippen LogP contribution is 2.26. The van der Waals surface area contributed by atoms with Crippen molar-refractivity contribution in [2.75, 3.05) is 0 Å². The zero-order valence-corrected chi connectivity index (χ0v) is 12.9. The second-order valence-corrected chi connectivity index (χ2v) is 6.30. The summed E-state index contributed by atoms with van der Waals surface area (Å²) in [6.07, 6.45) is 0. The summed E-state index contributed by atoms with van der Waals surface area (Å²) in [4.78, 5) is -0.231. The standard InChI is InChI=1S/C18H14O4S/c19-23(20,21)18-12-8-15(9-13-18)14-6-10-17(11-7-14)22-16-4-2-1-3-5-16/h1-13H,(H,19,20,21)/p-1. The number of hydrogen-bond acceptors (Lipinski definition) is 4. The fourth-order valence-corrected chi connectivity index (χ4v) is 2.62. The molecule has 0 bridgehead atoms. The van der Waals surface area contributed by atoms with Gasteiger partial charge in [-0.2, -0.15) is 0 Å². The molecule has 0 aromatic heterocycles. The van der Waals surface area contributed by atoms with Gasteiger partial charge in [-0.3, -0.25) is 0 Å². The molecule has 23 heavy (non-hydrogen) atoms. The largest absolute Gasteiger partial charge is 0.744 e. The van der Waals surface area contributed by atoms with E-state index in [0.717, 1.165) is 16.9 Å². The molecule has 0 amide bonds. The maximum absolute atomic E-state index is 10.9. The van der Waals surface area contributed by atoms with E-state index in [1.54, 1.807) is 12.1 Å². The van der Waals surface area contributed by atoms with Gasteiger partial charge in [0.25, 0.3) is 0 Å². The van der Waals surface area contributed by atoms with Crippen LogP contribution in [0.5, 0.6) is 11.5 Å². The summed E-state index contributed by atoms with van der Waals surface area (Å²) in [5.41, 5.74) is 1.73. The van der Waals surface area contributed by atoms with Gasteiger partial charge in [0.2, 0.25) is 0 Å². The van der Waals surface area contributed by atoms with Gasteiger partial charge < -0.3 is 9.29 Å². The van der Waals surface area contributed by atoms with Gasteiger partial charge in [0, 0.05) is 0 Å². The third kappa shape index (κ3) is 3.77. The maximum atomic E-state index is 10.9. The van der Waals surface area contributed by atoms with Gasteiger partial charge in [-0.15, -0.1) is 0 Å². The Morgan fingerprint density at radius 2 is 1.13 bits per heavy atom. The lowest BCUT2D eigenvalue weighted by Crippen LogP contribution is -1.97. The first-order valence-corrected chi connectivity index (χ1v) is 8.32. The molecular formula is C18H13O4S-. The molecule has 0 aliphatic rings. The van der Waals surface area contributed by atoms with Gasteiger partial charge in [0.15, 0.2) is 0 Å². The van der Waals surface area contributed by atoms with E-state index in [4.69, 9.17) is 4.74 Å². The van der Waals surface area contributed by atoms with Crippen molar-refractivity contribution in [3.05, 3.63) is 78.9 Å². The van der Waals surface area contributed by atoms with Gasteiger partial charge >= 0.3 is 0 Å². The summed E-state index contributed by atoms with van der Waals surface area (Å²) in [7, 11) is -4.41. The van der Waals surface area contributed by atoms with Crippen LogP contribution in [0.4, 0.5) is 0 Å². The zero-order valence-electron chi connectivity index (χ0n) is 12.0. The van der Waals surface area contributed by atoms with Crippen LogP contribution < -0.4 is 4.74 Å². The Morgan fingerprint density at radius 1 is 0.652 bits per heavy atom. The van der Waals surface area contributed by atoms with Crippen LogP contribution in [0.25, 0.3) is 11.1 Å². The normalized spacial score (nSPS) is 11.2. The first-order valence-electron chi connectivity index (χ1n) is 6.92. The molecule has 5 heteroatoms. The molecule has 0 aliphatic carbocycles. The number of benzene rings is 3. The van der Waals surface area contributed by atoms with E-state index in [2.05, 4.69) is 0 Å². The molecule has 0 fully saturated rings. The molecule has 0 radical (unpaired) electrons. The molecular weight excluding hydrogens is 312 g/mol. The minimum absolute atomic E-state index is 0.231. The molecule has 4 nitrogen and oxygen atoms in total. The van der Waals surface area contributed by atoms with Crippen LogP contribution in [-0.2, 0) is 10.1 Å². The van der Waals surface area contributed by atoms with Gasteiger partial charge in [0.05, 0.1) is 4.90 Å². The smallest absolute Gasteiger partial charge is 0.127 e. The number of para-hydroxylation sites is 1. The van der Waals surface area contributed by atoms with Crippen molar-refractivity contribution in [3.8, 4) is 22.6 Å². The van der Waals surface area contributed by atoms with Crippen LogP contribution in [0, 0.1) is 0 Å². The van der Waals surface area contributed by atoms with Gasteiger partial charge in [-0.05, 0) is 47.5 Å². The van der Waals surface area contributed by atoms with Crippen molar-refractivity contribution < 1.29 is 17.7 Å². The van der Waals surface area contributed by atoms with Crippen LogP contribution in [-0.4, -0.2) is 13.0 Å². The third-order valence-corrected chi connectivity index (χ3v) is 4.16. The first-order chi connectivity index (χ1) is 11.0. The molecule has 3 rings (SSSR count). The van der Waals surface area contributed by atoms with E-state index in [1.807, 2.05) is 54.6 Å². The van der Waals surface area contributed by atoms with Crippen molar-refractivity contribution in [1.82, 2.24) is 0 Å². The fourth-order valence-electron chi connectivity index (χ4n) is 2.15. The lowest BCUT2D eigenvalue weighted by molar-refractivity contribution is 0.463. The van der Waals surface area contributed by atoms with Crippen LogP contribution in [0.2, 0.25) is 0 Å². The van der Waals surface area contributed by atoms with Crippen LogP contribution >= 0.6 is 0 Å². The van der Waals surface area contributed by atoms with Gasteiger partial charge in [-0.25, -0.2) is 8.42 Å². The van der Waals surface area contributed by atoms with Gasteiger partial charge in [-0.1, -0.05) is 42.5 Å². The van der Waals surface area contributed by atoms with E-state index in [0.29, 0.717) is 5.75 Å².